The van der Waals surface area contributed by atoms with E-state index in [-0.39, 0.29) is 17.7 Å². The second-order valence-electron chi connectivity index (χ2n) is 14.1. The Hall–Kier alpha value is -3.52. The van der Waals surface area contributed by atoms with Gasteiger partial charge in [0.15, 0.2) is 0 Å². The van der Waals surface area contributed by atoms with Crippen LogP contribution in [0.15, 0.2) is 48.5 Å². The Kier molecular flexibility index (Phi) is 12.6. The molecule has 6 heterocycles. The number of benzene rings is 2. The van der Waals surface area contributed by atoms with Crippen LogP contribution in [-0.2, 0) is 35.5 Å². The van der Waals surface area contributed by atoms with Gasteiger partial charge in [0, 0.05) is 59.4 Å². The zero-order valence-electron chi connectivity index (χ0n) is 31.9. The maximum Gasteiger partial charge on any atom is 0.228 e. The second kappa shape index (κ2) is 17.5. The number of para-hydroxylation sites is 2. The third-order valence-corrected chi connectivity index (χ3v) is 14.7. The van der Waals surface area contributed by atoms with Crippen molar-refractivity contribution in [1.29, 1.82) is 0 Å². The van der Waals surface area contributed by atoms with Crippen LogP contribution in [0.1, 0.15) is 80.2 Å². The smallest absolute Gasteiger partial charge is 0.228 e. The fraction of sp³-hybridized carbons (Fsp3) is 0.429. The molecule has 3 aliphatic rings. The number of carbonyl (C=O) groups is 2. The van der Waals surface area contributed by atoms with E-state index in [1.54, 1.807) is 45.3 Å². The van der Waals surface area contributed by atoms with Crippen molar-refractivity contribution >= 4 is 87.6 Å². The summed E-state index contributed by atoms with van der Waals surface area (Å²) in [5, 5.41) is 10.5. The fourth-order valence-corrected chi connectivity index (χ4v) is 12.3. The maximum absolute atomic E-state index is 13.0. The third-order valence-electron chi connectivity index (χ3n) is 10.3. The van der Waals surface area contributed by atoms with Gasteiger partial charge in [0.25, 0.3) is 0 Å². The number of thiophene rings is 2. The number of anilines is 2. The Labute approximate surface area is 334 Å². The van der Waals surface area contributed by atoms with Gasteiger partial charge < -0.3 is 20.4 Å². The van der Waals surface area contributed by atoms with Crippen LogP contribution < -0.4 is 10.6 Å². The zero-order valence-corrected chi connectivity index (χ0v) is 35.2. The van der Waals surface area contributed by atoms with Crippen LogP contribution in [0, 0.1) is 5.92 Å². The van der Waals surface area contributed by atoms with Crippen molar-refractivity contribution in [2.75, 3.05) is 37.8 Å². The highest BCUT2D eigenvalue weighted by Crippen LogP contribution is 2.47. The van der Waals surface area contributed by atoms with E-state index < -0.39 is 0 Å². The number of amides is 2. The molecule has 0 saturated heterocycles. The van der Waals surface area contributed by atoms with Gasteiger partial charge in [-0.15, -0.1) is 45.3 Å². The summed E-state index contributed by atoms with van der Waals surface area (Å²) in [5.41, 5.74) is 7.15. The molecule has 1 aliphatic carbocycles. The molecule has 0 spiro atoms. The molecule has 12 heteroatoms. The maximum atomic E-state index is 13.0. The average Bonchev–Trinajstić information content (AvgIpc) is 3.97. The first kappa shape index (κ1) is 38.7. The van der Waals surface area contributed by atoms with Gasteiger partial charge in [0.1, 0.15) is 20.0 Å². The highest BCUT2D eigenvalue weighted by Gasteiger charge is 2.29. The number of rotatable bonds is 6. The summed E-state index contributed by atoms with van der Waals surface area (Å²) in [7, 11) is 4.31. The minimum atomic E-state index is 0.0595. The first-order valence-corrected chi connectivity index (χ1v) is 22.6. The SMILES string of the molecule is CC.CCC(=O)Nc1sc2c(c1-c1nc3ccccc3s1)CCN(C)C2.CN1CCc2c(sc(NC(=O)C3CCCCC3)c2-c2nc3ccccc3s2)C1. The number of aromatic nitrogens is 2. The number of likely N-dealkylation sites (N-methyl/N-ethyl adjacent to an activating group) is 2. The molecule has 9 rings (SSSR count). The monoisotopic (exact) mass is 798 g/mol. The van der Waals surface area contributed by atoms with Crippen molar-refractivity contribution in [3.8, 4) is 21.1 Å². The summed E-state index contributed by atoms with van der Waals surface area (Å²) in [4.78, 5) is 42.1. The Balaban J connectivity index is 0.000000161. The molecule has 0 unspecified atom stereocenters. The van der Waals surface area contributed by atoms with Gasteiger partial charge in [-0.3, -0.25) is 9.59 Å². The van der Waals surface area contributed by atoms with Crippen LogP contribution in [0.5, 0.6) is 0 Å². The summed E-state index contributed by atoms with van der Waals surface area (Å²) in [6.07, 6.45) is 8.18. The molecule has 1 saturated carbocycles. The summed E-state index contributed by atoms with van der Waals surface area (Å²) in [6.45, 7) is 9.88. The molecule has 2 aliphatic heterocycles. The van der Waals surface area contributed by atoms with Crippen LogP contribution in [0.4, 0.5) is 10.0 Å². The lowest BCUT2D eigenvalue weighted by Gasteiger charge is -2.22. The van der Waals surface area contributed by atoms with E-state index in [1.807, 2.05) is 45.0 Å². The van der Waals surface area contributed by atoms with Gasteiger partial charge >= 0.3 is 0 Å². The van der Waals surface area contributed by atoms with Gasteiger partial charge in [-0.1, -0.05) is 64.3 Å². The van der Waals surface area contributed by atoms with Crippen LogP contribution in [0.2, 0.25) is 0 Å². The Morgan fingerprint density at radius 2 is 1.19 bits per heavy atom. The Morgan fingerprint density at radius 1 is 0.704 bits per heavy atom. The van der Waals surface area contributed by atoms with Gasteiger partial charge in [-0.25, -0.2) is 9.97 Å². The first-order valence-electron chi connectivity index (χ1n) is 19.3. The average molecular weight is 799 g/mol. The second-order valence-corrected chi connectivity index (χ2v) is 18.4. The third kappa shape index (κ3) is 8.34. The van der Waals surface area contributed by atoms with E-state index in [9.17, 15) is 9.59 Å². The number of nitrogens with one attached hydrogen (secondary N) is 2. The molecule has 6 aromatic rings. The lowest BCUT2D eigenvalue weighted by molar-refractivity contribution is -0.120. The largest absolute Gasteiger partial charge is 0.317 e. The molecule has 1 fully saturated rings. The predicted octanol–water partition coefficient (Wildman–Crippen LogP) is 10.9. The molecule has 0 radical (unpaired) electrons. The molecule has 2 amide bonds. The quantitative estimate of drug-likeness (QED) is 0.174. The van der Waals surface area contributed by atoms with E-state index in [4.69, 9.17) is 9.97 Å². The molecular formula is C42H50N6O2S4. The number of hydrogen-bond acceptors (Lipinski definition) is 10. The van der Waals surface area contributed by atoms with Crippen molar-refractivity contribution in [3.63, 3.8) is 0 Å². The van der Waals surface area contributed by atoms with Crippen LogP contribution in [0.25, 0.3) is 41.6 Å². The van der Waals surface area contributed by atoms with Crippen molar-refractivity contribution in [2.45, 2.75) is 85.2 Å². The van der Waals surface area contributed by atoms with Gasteiger partial charge in [0.05, 0.1) is 20.4 Å². The molecular weight excluding hydrogens is 749 g/mol. The van der Waals surface area contributed by atoms with E-state index in [0.29, 0.717) is 6.42 Å². The number of nitrogens with zero attached hydrogens (tertiary/aromatic N) is 4. The summed E-state index contributed by atoms with van der Waals surface area (Å²) in [5.74, 6) is 0.428. The predicted molar refractivity (Wildman–Crippen MR) is 231 cm³/mol. The molecule has 4 aromatic heterocycles. The minimum absolute atomic E-state index is 0.0595. The van der Waals surface area contributed by atoms with E-state index in [1.165, 1.54) is 55.1 Å². The van der Waals surface area contributed by atoms with Crippen LogP contribution in [-0.4, -0.2) is 58.8 Å². The van der Waals surface area contributed by atoms with E-state index in [0.717, 1.165) is 88.5 Å². The summed E-state index contributed by atoms with van der Waals surface area (Å²) < 4.78 is 2.39. The minimum Gasteiger partial charge on any atom is -0.317 e. The fourth-order valence-electron chi connectivity index (χ4n) is 7.44. The van der Waals surface area contributed by atoms with Gasteiger partial charge in [-0.2, -0.15) is 0 Å². The van der Waals surface area contributed by atoms with E-state index in [2.05, 4.69) is 58.8 Å². The normalized spacial score (nSPS) is 16.2. The standard InChI is InChI=1S/C22H25N3OS2.C18H19N3OS2.C2H6/c1-25-12-11-15-18(13-25)28-22(24-20(26)14-7-3-2-4-8-14)19(15)21-23-16-9-5-6-10-17(16)27-21;1-3-15(22)20-18-16(11-8-9-21(2)10-14(11)24-18)17-19-12-6-4-5-7-13(12)23-17;1-2/h5-6,9-10,14H,2-4,7-8,11-13H2,1H3,(H,24,26);4-7H,3,8-10H2,1-2H3,(H,20,22);1-2H3. The Bertz CT molecular complexity index is 2180. The highest BCUT2D eigenvalue weighted by molar-refractivity contribution is 7.23. The van der Waals surface area contributed by atoms with Crippen LogP contribution in [0.3, 0.4) is 0 Å². The summed E-state index contributed by atoms with van der Waals surface area (Å²) in [6, 6.07) is 16.5. The van der Waals surface area contributed by atoms with E-state index >= 15 is 0 Å². The van der Waals surface area contributed by atoms with Gasteiger partial charge in [0.2, 0.25) is 11.8 Å². The topological polar surface area (TPSA) is 90.5 Å². The lowest BCUT2D eigenvalue weighted by atomic mass is 9.88. The molecule has 8 nitrogen and oxygen atoms in total. The molecule has 0 bridgehead atoms. The van der Waals surface area contributed by atoms with Crippen LogP contribution >= 0.6 is 45.3 Å². The highest BCUT2D eigenvalue weighted by atomic mass is 32.1. The summed E-state index contributed by atoms with van der Waals surface area (Å²) >= 11 is 6.91. The molecule has 2 N–H and O–H groups in total. The molecule has 284 valence electrons. The first-order chi connectivity index (χ1) is 26.3. The number of carbonyl (C=O) groups excluding carboxylic acids is 2. The van der Waals surface area contributed by atoms with Crippen molar-refractivity contribution in [1.82, 2.24) is 19.8 Å². The van der Waals surface area contributed by atoms with Gasteiger partial charge in [-0.05, 0) is 75.2 Å². The zero-order chi connectivity index (χ0) is 37.8. The lowest BCUT2D eigenvalue weighted by Crippen LogP contribution is -2.25. The van der Waals surface area contributed by atoms with Crippen molar-refractivity contribution < 1.29 is 9.59 Å². The van der Waals surface area contributed by atoms with Crippen molar-refractivity contribution in [2.24, 2.45) is 5.92 Å². The molecule has 2 aromatic carbocycles. The number of fused-ring (bicyclic) bond motifs is 4. The molecule has 54 heavy (non-hydrogen) atoms. The Morgan fingerprint density at radius 3 is 1.67 bits per heavy atom. The number of hydrogen-bond donors (Lipinski definition) is 2. The number of thiazole rings is 2. The van der Waals surface area contributed by atoms with Crippen molar-refractivity contribution in [3.05, 3.63) is 69.4 Å². The molecule has 0 atom stereocenters.